The quantitative estimate of drug-likeness (QED) is 0.813. The van der Waals surface area contributed by atoms with E-state index < -0.39 is 0 Å². The SMILES string of the molecule is CCCCOc1ccc(C(=O)NC2CCOc3ccccc32)cc1. The lowest BCUT2D eigenvalue weighted by atomic mass is 10.00. The van der Waals surface area contributed by atoms with Crippen LogP contribution in [0.5, 0.6) is 11.5 Å². The lowest BCUT2D eigenvalue weighted by molar-refractivity contribution is 0.0925. The molecule has 0 radical (unpaired) electrons. The highest BCUT2D eigenvalue weighted by atomic mass is 16.5. The Morgan fingerprint density at radius 3 is 2.79 bits per heavy atom. The van der Waals surface area contributed by atoms with E-state index in [0.29, 0.717) is 18.8 Å². The van der Waals surface area contributed by atoms with Crippen LogP contribution in [0.25, 0.3) is 0 Å². The van der Waals surface area contributed by atoms with Gasteiger partial charge >= 0.3 is 0 Å². The van der Waals surface area contributed by atoms with Crippen LogP contribution in [-0.2, 0) is 0 Å². The molecule has 0 saturated heterocycles. The Hall–Kier alpha value is -2.49. The number of nitrogens with one attached hydrogen (secondary N) is 1. The van der Waals surface area contributed by atoms with Crippen LogP contribution in [-0.4, -0.2) is 19.1 Å². The van der Waals surface area contributed by atoms with Gasteiger partial charge in [0.2, 0.25) is 0 Å². The molecule has 0 aliphatic carbocycles. The van der Waals surface area contributed by atoms with Crippen LogP contribution in [0.3, 0.4) is 0 Å². The summed E-state index contributed by atoms with van der Waals surface area (Å²) in [6.07, 6.45) is 2.92. The fourth-order valence-corrected chi connectivity index (χ4v) is 2.77. The monoisotopic (exact) mass is 325 g/mol. The number of hydrogen-bond acceptors (Lipinski definition) is 3. The number of carbonyl (C=O) groups is 1. The van der Waals surface area contributed by atoms with Crippen LogP contribution in [0.4, 0.5) is 0 Å². The number of hydrogen-bond donors (Lipinski definition) is 1. The third-order valence-corrected chi connectivity index (χ3v) is 4.15. The molecule has 1 amide bonds. The molecule has 0 bridgehead atoms. The van der Waals surface area contributed by atoms with E-state index >= 15 is 0 Å². The maximum atomic E-state index is 12.5. The average molecular weight is 325 g/mol. The smallest absolute Gasteiger partial charge is 0.251 e. The molecule has 1 aliphatic heterocycles. The third-order valence-electron chi connectivity index (χ3n) is 4.15. The predicted octanol–water partition coefficient (Wildman–Crippen LogP) is 4.12. The van der Waals surface area contributed by atoms with Crippen molar-refractivity contribution in [1.82, 2.24) is 5.32 Å². The molecule has 2 aromatic carbocycles. The van der Waals surface area contributed by atoms with Crippen LogP contribution >= 0.6 is 0 Å². The summed E-state index contributed by atoms with van der Waals surface area (Å²) in [5.74, 6) is 1.59. The van der Waals surface area contributed by atoms with E-state index in [9.17, 15) is 4.79 Å². The lowest BCUT2D eigenvalue weighted by Gasteiger charge is -2.26. The minimum absolute atomic E-state index is 0.0112. The number of carbonyl (C=O) groups excluding carboxylic acids is 1. The molecule has 3 rings (SSSR count). The highest BCUT2D eigenvalue weighted by molar-refractivity contribution is 5.94. The molecular weight excluding hydrogens is 302 g/mol. The molecule has 4 nitrogen and oxygen atoms in total. The van der Waals surface area contributed by atoms with Gasteiger partial charge in [-0.25, -0.2) is 0 Å². The highest BCUT2D eigenvalue weighted by Crippen LogP contribution is 2.31. The Kier molecular flexibility index (Phi) is 5.36. The standard InChI is InChI=1S/C20H23NO3/c1-2-3-13-23-16-10-8-15(9-11-16)20(22)21-18-12-14-24-19-7-5-4-6-17(18)19/h4-11,18H,2-3,12-14H2,1H3,(H,21,22). The highest BCUT2D eigenvalue weighted by Gasteiger charge is 2.22. The predicted molar refractivity (Wildman–Crippen MR) is 93.6 cm³/mol. The first-order chi connectivity index (χ1) is 11.8. The minimum Gasteiger partial charge on any atom is -0.494 e. The number of benzene rings is 2. The summed E-state index contributed by atoms with van der Waals surface area (Å²) in [6, 6.07) is 15.2. The summed E-state index contributed by atoms with van der Waals surface area (Å²) in [5, 5.41) is 3.10. The first-order valence-corrected chi connectivity index (χ1v) is 8.53. The molecule has 0 aromatic heterocycles. The zero-order valence-corrected chi connectivity index (χ0v) is 14.0. The van der Waals surface area contributed by atoms with Gasteiger partial charge in [-0.15, -0.1) is 0 Å². The summed E-state index contributed by atoms with van der Waals surface area (Å²) in [7, 11) is 0. The normalized spacial score (nSPS) is 16.0. The van der Waals surface area contributed by atoms with E-state index in [2.05, 4.69) is 12.2 Å². The van der Waals surface area contributed by atoms with E-state index in [1.165, 1.54) is 0 Å². The largest absolute Gasteiger partial charge is 0.494 e. The average Bonchev–Trinajstić information content (AvgIpc) is 2.63. The summed E-state index contributed by atoms with van der Waals surface area (Å²) < 4.78 is 11.3. The molecule has 4 heteroatoms. The number of unbranched alkanes of at least 4 members (excludes halogenated alkanes) is 1. The maximum absolute atomic E-state index is 12.5. The molecule has 1 N–H and O–H groups in total. The molecule has 0 fully saturated rings. The second-order valence-electron chi connectivity index (χ2n) is 5.93. The zero-order chi connectivity index (χ0) is 16.8. The van der Waals surface area contributed by atoms with Crippen molar-refractivity contribution in [2.75, 3.05) is 13.2 Å². The Labute approximate surface area is 142 Å². The van der Waals surface area contributed by atoms with Crippen molar-refractivity contribution in [1.29, 1.82) is 0 Å². The number of rotatable bonds is 6. The Morgan fingerprint density at radius 1 is 1.21 bits per heavy atom. The van der Waals surface area contributed by atoms with Gasteiger partial charge in [0.25, 0.3) is 5.91 Å². The summed E-state index contributed by atoms with van der Waals surface area (Å²) in [4.78, 5) is 12.5. The maximum Gasteiger partial charge on any atom is 0.251 e. The van der Waals surface area contributed by atoms with Gasteiger partial charge < -0.3 is 14.8 Å². The molecule has 0 saturated carbocycles. The number of fused-ring (bicyclic) bond motifs is 1. The van der Waals surface area contributed by atoms with E-state index in [0.717, 1.165) is 36.3 Å². The molecule has 126 valence electrons. The third kappa shape index (κ3) is 3.88. The van der Waals surface area contributed by atoms with Crippen LogP contribution in [0.1, 0.15) is 48.1 Å². The first-order valence-electron chi connectivity index (χ1n) is 8.53. The molecular formula is C20H23NO3. The second kappa shape index (κ2) is 7.86. The summed E-state index contributed by atoms with van der Waals surface area (Å²) in [6.45, 7) is 3.46. The van der Waals surface area contributed by atoms with Crippen molar-refractivity contribution >= 4 is 5.91 Å². The number of amides is 1. The van der Waals surface area contributed by atoms with Gasteiger partial charge in [0.15, 0.2) is 0 Å². The fourth-order valence-electron chi connectivity index (χ4n) is 2.77. The lowest BCUT2D eigenvalue weighted by Crippen LogP contribution is -2.32. The van der Waals surface area contributed by atoms with Gasteiger partial charge in [0.1, 0.15) is 11.5 Å². The van der Waals surface area contributed by atoms with Gasteiger partial charge in [0, 0.05) is 17.5 Å². The summed E-state index contributed by atoms with van der Waals surface area (Å²) >= 11 is 0. The fraction of sp³-hybridized carbons (Fsp3) is 0.350. The Morgan fingerprint density at radius 2 is 2.00 bits per heavy atom. The van der Waals surface area contributed by atoms with Crippen LogP contribution in [0, 0.1) is 0 Å². The van der Waals surface area contributed by atoms with Gasteiger partial charge in [0.05, 0.1) is 19.3 Å². The van der Waals surface area contributed by atoms with Crippen molar-refractivity contribution in [2.24, 2.45) is 0 Å². The van der Waals surface area contributed by atoms with Crippen molar-refractivity contribution in [3.05, 3.63) is 59.7 Å². The van der Waals surface area contributed by atoms with Crippen LogP contribution in [0.15, 0.2) is 48.5 Å². The molecule has 1 heterocycles. The van der Waals surface area contributed by atoms with Gasteiger partial charge in [-0.3, -0.25) is 4.79 Å². The molecule has 1 aliphatic rings. The van der Waals surface area contributed by atoms with Crippen molar-refractivity contribution in [3.8, 4) is 11.5 Å². The van der Waals surface area contributed by atoms with Gasteiger partial charge in [-0.1, -0.05) is 31.5 Å². The summed E-state index contributed by atoms with van der Waals surface area (Å²) in [5.41, 5.74) is 1.68. The van der Waals surface area contributed by atoms with Crippen molar-refractivity contribution in [2.45, 2.75) is 32.2 Å². The molecule has 24 heavy (non-hydrogen) atoms. The number of ether oxygens (including phenoxy) is 2. The number of para-hydroxylation sites is 1. The van der Waals surface area contributed by atoms with Crippen LogP contribution in [0.2, 0.25) is 0 Å². The Balaban J connectivity index is 1.63. The van der Waals surface area contributed by atoms with E-state index in [-0.39, 0.29) is 11.9 Å². The molecule has 1 atom stereocenters. The van der Waals surface area contributed by atoms with E-state index in [1.807, 2.05) is 48.5 Å². The topological polar surface area (TPSA) is 47.6 Å². The molecule has 1 unspecified atom stereocenters. The van der Waals surface area contributed by atoms with E-state index in [4.69, 9.17) is 9.47 Å². The molecule has 2 aromatic rings. The van der Waals surface area contributed by atoms with Gasteiger partial charge in [-0.05, 0) is 36.8 Å². The first kappa shape index (κ1) is 16.4. The minimum atomic E-state index is -0.0724. The second-order valence-corrected chi connectivity index (χ2v) is 5.93. The van der Waals surface area contributed by atoms with Gasteiger partial charge in [-0.2, -0.15) is 0 Å². The van der Waals surface area contributed by atoms with Crippen molar-refractivity contribution in [3.63, 3.8) is 0 Å². The molecule has 0 spiro atoms. The Bertz CT molecular complexity index is 682. The van der Waals surface area contributed by atoms with E-state index in [1.54, 1.807) is 0 Å². The zero-order valence-electron chi connectivity index (χ0n) is 14.0. The van der Waals surface area contributed by atoms with Crippen LogP contribution < -0.4 is 14.8 Å². The van der Waals surface area contributed by atoms with Crippen molar-refractivity contribution < 1.29 is 14.3 Å².